The van der Waals surface area contributed by atoms with Gasteiger partial charge in [-0.1, -0.05) is 18.2 Å². The number of aromatic nitrogens is 2. The quantitative estimate of drug-likeness (QED) is 0.635. The van der Waals surface area contributed by atoms with Gasteiger partial charge in [-0.2, -0.15) is 4.98 Å². The molecule has 0 aliphatic rings. The third-order valence-electron chi connectivity index (χ3n) is 1.28. The van der Waals surface area contributed by atoms with Crippen LogP contribution in [0.5, 0.6) is 0 Å². The Morgan fingerprint density at radius 1 is 1.90 bits per heavy atom. The highest BCUT2D eigenvalue weighted by Gasteiger charge is 2.09. The molecular formula is C7H9N2O. The van der Waals surface area contributed by atoms with Crippen LogP contribution in [-0.2, 0) is 0 Å². The van der Waals surface area contributed by atoms with Crippen LogP contribution in [0.2, 0.25) is 0 Å². The lowest BCUT2D eigenvalue weighted by atomic mass is 10.1. The average Bonchev–Trinajstić information content (AvgIpc) is 2.43. The van der Waals surface area contributed by atoms with Gasteiger partial charge in [-0.25, -0.2) is 0 Å². The van der Waals surface area contributed by atoms with Gasteiger partial charge in [-0.15, -0.1) is 6.58 Å². The molecule has 0 aliphatic carbocycles. The van der Waals surface area contributed by atoms with E-state index >= 15 is 0 Å². The summed E-state index contributed by atoms with van der Waals surface area (Å²) >= 11 is 0. The van der Waals surface area contributed by atoms with Gasteiger partial charge >= 0.3 is 0 Å². The van der Waals surface area contributed by atoms with Gasteiger partial charge in [0.1, 0.15) is 0 Å². The third-order valence-corrected chi connectivity index (χ3v) is 1.28. The highest BCUT2D eigenvalue weighted by Crippen LogP contribution is 2.13. The lowest BCUT2D eigenvalue weighted by Crippen LogP contribution is -1.95. The third kappa shape index (κ3) is 1.23. The number of hydrogen-bond acceptors (Lipinski definition) is 3. The molecule has 0 fully saturated rings. The van der Waals surface area contributed by atoms with E-state index in [9.17, 15) is 0 Å². The molecule has 0 aliphatic heterocycles. The number of allylic oxidation sites excluding steroid dienone is 1. The van der Waals surface area contributed by atoms with Crippen molar-refractivity contribution in [2.24, 2.45) is 0 Å². The fourth-order valence-electron chi connectivity index (χ4n) is 0.706. The molecule has 0 unspecified atom stereocenters. The van der Waals surface area contributed by atoms with Gasteiger partial charge < -0.3 is 4.52 Å². The minimum atomic E-state index is 0.637. The Bertz CT molecular complexity index is 193. The van der Waals surface area contributed by atoms with E-state index in [1.165, 1.54) is 6.39 Å². The zero-order valence-corrected chi connectivity index (χ0v) is 5.87. The van der Waals surface area contributed by atoms with Crippen molar-refractivity contribution in [1.29, 1.82) is 0 Å². The van der Waals surface area contributed by atoms with Crippen molar-refractivity contribution in [3.8, 4) is 0 Å². The van der Waals surface area contributed by atoms with Crippen LogP contribution in [-0.4, -0.2) is 10.1 Å². The molecule has 0 saturated heterocycles. The molecular weight excluding hydrogens is 128 g/mol. The van der Waals surface area contributed by atoms with Crippen molar-refractivity contribution in [2.75, 3.05) is 0 Å². The molecule has 10 heavy (non-hydrogen) atoms. The molecule has 3 nitrogen and oxygen atoms in total. The van der Waals surface area contributed by atoms with Gasteiger partial charge in [-0.3, -0.25) is 0 Å². The van der Waals surface area contributed by atoms with E-state index in [0.717, 1.165) is 12.3 Å². The number of rotatable bonds is 3. The first-order chi connectivity index (χ1) is 4.88. The van der Waals surface area contributed by atoms with E-state index in [1.807, 2.05) is 6.92 Å². The van der Waals surface area contributed by atoms with Gasteiger partial charge in [0.2, 0.25) is 6.39 Å². The fraction of sp³-hybridized carbons (Fsp3) is 0.286. The highest BCUT2D eigenvalue weighted by molar-refractivity contribution is 5.22. The van der Waals surface area contributed by atoms with Crippen LogP contribution in [0.1, 0.15) is 19.2 Å². The van der Waals surface area contributed by atoms with Crippen molar-refractivity contribution >= 4 is 0 Å². The van der Waals surface area contributed by atoms with Gasteiger partial charge in [0.05, 0.1) is 5.92 Å². The first kappa shape index (κ1) is 6.99. The molecule has 53 valence electrons. The van der Waals surface area contributed by atoms with E-state index in [4.69, 9.17) is 0 Å². The van der Waals surface area contributed by atoms with Gasteiger partial charge in [0.25, 0.3) is 0 Å². The van der Waals surface area contributed by atoms with Crippen LogP contribution in [0.4, 0.5) is 0 Å². The van der Waals surface area contributed by atoms with Crippen molar-refractivity contribution in [3.63, 3.8) is 0 Å². The Labute approximate surface area is 59.8 Å². The highest BCUT2D eigenvalue weighted by atomic mass is 16.5. The maximum atomic E-state index is 4.57. The molecule has 1 rings (SSSR count). The lowest BCUT2D eigenvalue weighted by molar-refractivity contribution is 0.412. The Morgan fingerprint density at radius 2 is 2.70 bits per heavy atom. The van der Waals surface area contributed by atoms with Crippen LogP contribution in [0.15, 0.2) is 23.6 Å². The zero-order chi connectivity index (χ0) is 7.40. The summed E-state index contributed by atoms with van der Waals surface area (Å²) < 4.78 is 4.57. The van der Waals surface area contributed by atoms with Crippen molar-refractivity contribution in [2.45, 2.75) is 13.3 Å². The van der Waals surface area contributed by atoms with Crippen LogP contribution in [0.3, 0.4) is 0 Å². The van der Waals surface area contributed by atoms with Crippen LogP contribution < -0.4 is 0 Å². The maximum absolute atomic E-state index is 4.57. The van der Waals surface area contributed by atoms with E-state index in [1.54, 1.807) is 6.08 Å². The minimum absolute atomic E-state index is 0.637. The molecule has 1 heterocycles. The van der Waals surface area contributed by atoms with Crippen LogP contribution in [0.25, 0.3) is 0 Å². The molecule has 1 aromatic heterocycles. The van der Waals surface area contributed by atoms with Gasteiger partial charge in [0.15, 0.2) is 5.82 Å². The molecule has 0 aromatic carbocycles. The number of hydrogen-bond donors (Lipinski definition) is 0. The first-order valence-electron chi connectivity index (χ1n) is 3.13. The molecule has 0 amide bonds. The standard InChI is InChI=1S/C7H9N2O/c1-3-6(4-2)7-8-5-10-9-7/h3,5H,1,4H2,2H3. The van der Waals surface area contributed by atoms with Gasteiger partial charge in [0, 0.05) is 0 Å². The second-order valence-corrected chi connectivity index (χ2v) is 1.84. The lowest BCUT2D eigenvalue weighted by Gasteiger charge is -1.99. The second kappa shape index (κ2) is 3.15. The van der Waals surface area contributed by atoms with Crippen molar-refractivity contribution in [1.82, 2.24) is 10.1 Å². The number of nitrogens with zero attached hydrogens (tertiary/aromatic N) is 2. The molecule has 1 aromatic rings. The van der Waals surface area contributed by atoms with Crippen LogP contribution in [0, 0.1) is 5.92 Å². The van der Waals surface area contributed by atoms with Gasteiger partial charge in [-0.05, 0) is 6.42 Å². The maximum Gasteiger partial charge on any atom is 0.213 e. The molecule has 0 N–H and O–H groups in total. The Balaban J connectivity index is 2.73. The summed E-state index contributed by atoms with van der Waals surface area (Å²) in [6, 6.07) is 0. The Kier molecular flexibility index (Phi) is 2.20. The minimum Gasteiger partial charge on any atom is -0.343 e. The molecule has 0 bridgehead atoms. The Morgan fingerprint density at radius 3 is 3.10 bits per heavy atom. The Hall–Kier alpha value is -1.12. The summed E-state index contributed by atoms with van der Waals surface area (Å²) in [7, 11) is 0. The topological polar surface area (TPSA) is 38.9 Å². The molecule has 0 saturated carbocycles. The van der Waals surface area contributed by atoms with Crippen molar-refractivity contribution in [3.05, 3.63) is 30.8 Å². The predicted molar refractivity (Wildman–Crippen MR) is 37.1 cm³/mol. The van der Waals surface area contributed by atoms with Crippen LogP contribution >= 0.6 is 0 Å². The smallest absolute Gasteiger partial charge is 0.213 e. The summed E-state index contributed by atoms with van der Waals surface area (Å²) in [6.45, 7) is 5.65. The summed E-state index contributed by atoms with van der Waals surface area (Å²) in [5, 5.41) is 3.66. The summed E-state index contributed by atoms with van der Waals surface area (Å²) in [5.74, 6) is 1.64. The fourth-order valence-corrected chi connectivity index (χ4v) is 0.706. The summed E-state index contributed by atoms with van der Waals surface area (Å²) in [5.41, 5.74) is 0. The SMILES string of the molecule is C=C[C](CC)c1ncon1. The van der Waals surface area contributed by atoms with E-state index in [-0.39, 0.29) is 0 Å². The monoisotopic (exact) mass is 137 g/mol. The van der Waals surface area contributed by atoms with Crippen molar-refractivity contribution < 1.29 is 4.52 Å². The van der Waals surface area contributed by atoms with E-state index in [0.29, 0.717) is 5.82 Å². The summed E-state index contributed by atoms with van der Waals surface area (Å²) in [4.78, 5) is 3.87. The molecule has 0 spiro atoms. The molecule has 1 radical (unpaired) electrons. The zero-order valence-electron chi connectivity index (χ0n) is 5.87. The predicted octanol–water partition coefficient (Wildman–Crippen LogP) is 1.59. The second-order valence-electron chi connectivity index (χ2n) is 1.84. The molecule has 3 heteroatoms. The van der Waals surface area contributed by atoms with E-state index < -0.39 is 0 Å². The molecule has 0 atom stereocenters. The first-order valence-corrected chi connectivity index (χ1v) is 3.13. The normalized spacial score (nSPS) is 10.2. The largest absolute Gasteiger partial charge is 0.343 e. The van der Waals surface area contributed by atoms with E-state index in [2.05, 4.69) is 21.2 Å². The summed E-state index contributed by atoms with van der Waals surface area (Å²) in [6.07, 6.45) is 3.93. The average molecular weight is 137 g/mol.